The number of rotatable bonds is 3. The van der Waals surface area contributed by atoms with Gasteiger partial charge in [-0.3, -0.25) is 0 Å². The summed E-state index contributed by atoms with van der Waals surface area (Å²) in [4.78, 5) is 15.1. The minimum atomic E-state index is -0.868. The van der Waals surface area contributed by atoms with Crippen LogP contribution in [0.5, 0.6) is 0 Å². The van der Waals surface area contributed by atoms with Gasteiger partial charge in [-0.05, 0) is 19.8 Å². The van der Waals surface area contributed by atoms with E-state index in [9.17, 15) is 4.79 Å². The van der Waals surface area contributed by atoms with Crippen molar-refractivity contribution in [2.45, 2.75) is 33.7 Å². The highest BCUT2D eigenvalue weighted by atomic mass is 16.4. The Bertz CT molecular complexity index is 344. The number of hydrogen-bond acceptors (Lipinski definition) is 3. The lowest BCUT2D eigenvalue weighted by Gasteiger charge is -2.17. The first-order valence-electron chi connectivity index (χ1n) is 4.56. The van der Waals surface area contributed by atoms with Crippen molar-refractivity contribution in [1.82, 2.24) is 14.8 Å². The van der Waals surface area contributed by atoms with Crippen molar-refractivity contribution in [3.05, 3.63) is 11.6 Å². The third kappa shape index (κ3) is 1.92. The van der Waals surface area contributed by atoms with E-state index in [0.29, 0.717) is 11.6 Å². The summed E-state index contributed by atoms with van der Waals surface area (Å²) in [5.41, 5.74) is 0. The summed E-state index contributed by atoms with van der Waals surface area (Å²) in [6.07, 6.45) is 0. The van der Waals surface area contributed by atoms with E-state index in [-0.39, 0.29) is 5.92 Å². The molecular formula is C9H15N3O2. The van der Waals surface area contributed by atoms with Crippen LogP contribution in [0.3, 0.4) is 0 Å². The lowest BCUT2D eigenvalue weighted by atomic mass is 10.1. The zero-order chi connectivity index (χ0) is 10.9. The zero-order valence-corrected chi connectivity index (χ0v) is 8.85. The van der Waals surface area contributed by atoms with Crippen molar-refractivity contribution < 1.29 is 9.90 Å². The largest absolute Gasteiger partial charge is 0.480 e. The summed E-state index contributed by atoms with van der Waals surface area (Å²) < 4.78 is 1.47. The minimum Gasteiger partial charge on any atom is -0.480 e. The van der Waals surface area contributed by atoms with Gasteiger partial charge in [0.25, 0.3) is 0 Å². The molecule has 0 aliphatic rings. The fraction of sp³-hybridized carbons (Fsp3) is 0.667. The SMILES string of the molecule is Cc1nc(C)n(C(C(=O)O)C(C)C)n1. The van der Waals surface area contributed by atoms with E-state index in [0.717, 1.165) is 0 Å². The van der Waals surface area contributed by atoms with E-state index < -0.39 is 12.0 Å². The quantitative estimate of drug-likeness (QED) is 0.790. The van der Waals surface area contributed by atoms with Crippen LogP contribution in [0.4, 0.5) is 0 Å². The van der Waals surface area contributed by atoms with Gasteiger partial charge < -0.3 is 5.11 Å². The van der Waals surface area contributed by atoms with Gasteiger partial charge in [0.1, 0.15) is 11.6 Å². The maximum Gasteiger partial charge on any atom is 0.328 e. The molecule has 1 rings (SSSR count). The predicted octanol–water partition coefficient (Wildman–Crippen LogP) is 1.18. The summed E-state index contributed by atoms with van der Waals surface area (Å²) in [7, 11) is 0. The average Bonchev–Trinajstić information content (AvgIpc) is 2.29. The van der Waals surface area contributed by atoms with Crippen LogP contribution < -0.4 is 0 Å². The molecule has 0 aliphatic carbocycles. The normalized spacial score (nSPS) is 13.2. The van der Waals surface area contributed by atoms with Crippen LogP contribution in [0.25, 0.3) is 0 Å². The van der Waals surface area contributed by atoms with Gasteiger partial charge in [-0.1, -0.05) is 13.8 Å². The molecule has 0 radical (unpaired) electrons. The molecule has 78 valence electrons. The van der Waals surface area contributed by atoms with Crippen LogP contribution >= 0.6 is 0 Å². The van der Waals surface area contributed by atoms with E-state index in [1.54, 1.807) is 13.8 Å². The Morgan fingerprint density at radius 1 is 1.43 bits per heavy atom. The topological polar surface area (TPSA) is 68.0 Å². The molecule has 1 aromatic heterocycles. The van der Waals surface area contributed by atoms with Crippen LogP contribution in [-0.2, 0) is 4.79 Å². The Kier molecular flexibility index (Phi) is 2.88. The third-order valence-corrected chi connectivity index (χ3v) is 2.06. The fourth-order valence-corrected chi connectivity index (χ4v) is 1.47. The first-order valence-corrected chi connectivity index (χ1v) is 4.56. The fourth-order valence-electron chi connectivity index (χ4n) is 1.47. The second kappa shape index (κ2) is 3.77. The smallest absolute Gasteiger partial charge is 0.328 e. The first-order chi connectivity index (χ1) is 6.43. The van der Waals surface area contributed by atoms with Crippen LogP contribution in [0, 0.1) is 19.8 Å². The number of hydrogen-bond donors (Lipinski definition) is 1. The van der Waals surface area contributed by atoms with E-state index in [2.05, 4.69) is 10.1 Å². The van der Waals surface area contributed by atoms with E-state index >= 15 is 0 Å². The molecule has 0 spiro atoms. The van der Waals surface area contributed by atoms with Crippen LogP contribution in [0.1, 0.15) is 31.5 Å². The molecule has 1 N–H and O–H groups in total. The van der Waals surface area contributed by atoms with Crippen molar-refractivity contribution >= 4 is 5.97 Å². The van der Waals surface area contributed by atoms with Gasteiger partial charge in [0.15, 0.2) is 6.04 Å². The number of aryl methyl sites for hydroxylation is 2. The molecule has 0 aliphatic heterocycles. The molecular weight excluding hydrogens is 182 g/mol. The van der Waals surface area contributed by atoms with Crippen molar-refractivity contribution in [1.29, 1.82) is 0 Å². The molecule has 5 heteroatoms. The highest BCUT2D eigenvalue weighted by Crippen LogP contribution is 2.18. The van der Waals surface area contributed by atoms with Crippen LogP contribution in [0.15, 0.2) is 0 Å². The van der Waals surface area contributed by atoms with Crippen LogP contribution in [0.2, 0.25) is 0 Å². The van der Waals surface area contributed by atoms with Crippen molar-refractivity contribution in [2.75, 3.05) is 0 Å². The Hall–Kier alpha value is -1.39. The molecule has 0 saturated heterocycles. The van der Waals surface area contributed by atoms with Crippen LogP contribution in [-0.4, -0.2) is 25.8 Å². The lowest BCUT2D eigenvalue weighted by Crippen LogP contribution is -2.26. The lowest BCUT2D eigenvalue weighted by molar-refractivity contribution is -0.142. The number of aromatic nitrogens is 3. The molecule has 0 amide bonds. The van der Waals surface area contributed by atoms with E-state index in [1.165, 1.54) is 4.68 Å². The average molecular weight is 197 g/mol. The van der Waals surface area contributed by atoms with Crippen molar-refractivity contribution in [3.8, 4) is 0 Å². The highest BCUT2D eigenvalue weighted by molar-refractivity contribution is 5.72. The zero-order valence-electron chi connectivity index (χ0n) is 8.85. The van der Waals surface area contributed by atoms with Gasteiger partial charge in [0.05, 0.1) is 0 Å². The second-order valence-electron chi connectivity index (χ2n) is 3.68. The second-order valence-corrected chi connectivity index (χ2v) is 3.68. The van der Waals surface area contributed by atoms with Gasteiger partial charge in [-0.2, -0.15) is 5.10 Å². The highest BCUT2D eigenvalue weighted by Gasteiger charge is 2.26. The molecule has 5 nitrogen and oxygen atoms in total. The third-order valence-electron chi connectivity index (χ3n) is 2.06. The number of aliphatic carboxylic acids is 1. The van der Waals surface area contributed by atoms with Crippen molar-refractivity contribution in [2.24, 2.45) is 5.92 Å². The van der Waals surface area contributed by atoms with E-state index in [1.807, 2.05) is 13.8 Å². The molecule has 1 heterocycles. The minimum absolute atomic E-state index is 0.00713. The molecule has 14 heavy (non-hydrogen) atoms. The van der Waals surface area contributed by atoms with Gasteiger partial charge >= 0.3 is 5.97 Å². The molecule has 0 bridgehead atoms. The molecule has 1 aromatic rings. The molecule has 1 unspecified atom stereocenters. The molecule has 0 fully saturated rings. The number of nitrogens with zero attached hydrogens (tertiary/aromatic N) is 3. The van der Waals surface area contributed by atoms with Gasteiger partial charge in [0, 0.05) is 0 Å². The predicted molar refractivity (Wildman–Crippen MR) is 51.0 cm³/mol. The molecule has 1 atom stereocenters. The molecule has 0 saturated carbocycles. The maximum atomic E-state index is 11.0. The number of carboxylic acid groups (broad SMARTS) is 1. The summed E-state index contributed by atoms with van der Waals surface area (Å²) in [5.74, 6) is 0.373. The molecule has 0 aromatic carbocycles. The summed E-state index contributed by atoms with van der Waals surface area (Å²) in [5, 5.41) is 13.1. The Morgan fingerprint density at radius 3 is 2.29 bits per heavy atom. The summed E-state index contributed by atoms with van der Waals surface area (Å²) in [6.45, 7) is 7.23. The van der Waals surface area contributed by atoms with Gasteiger partial charge in [0.2, 0.25) is 0 Å². The standard InChI is InChI=1S/C9H15N3O2/c1-5(2)8(9(13)14)12-7(4)10-6(3)11-12/h5,8H,1-4H3,(H,13,14). The van der Waals surface area contributed by atoms with Gasteiger partial charge in [-0.25, -0.2) is 14.5 Å². The summed E-state index contributed by atoms with van der Waals surface area (Å²) >= 11 is 0. The Labute approximate surface area is 82.8 Å². The van der Waals surface area contributed by atoms with Gasteiger partial charge in [-0.15, -0.1) is 0 Å². The summed E-state index contributed by atoms with van der Waals surface area (Å²) in [6, 6.07) is -0.629. The maximum absolute atomic E-state index is 11.0. The Morgan fingerprint density at radius 2 is 2.00 bits per heavy atom. The first kappa shape index (κ1) is 10.7. The monoisotopic (exact) mass is 197 g/mol. The van der Waals surface area contributed by atoms with Crippen molar-refractivity contribution in [3.63, 3.8) is 0 Å². The van der Waals surface area contributed by atoms with E-state index in [4.69, 9.17) is 5.11 Å². The number of carboxylic acids is 1. The Balaban J connectivity index is 3.11. The number of carbonyl (C=O) groups is 1.